The first-order chi connectivity index (χ1) is 6.04. The Morgan fingerprint density at radius 2 is 2.15 bits per heavy atom. The van der Waals surface area contributed by atoms with Gasteiger partial charge in [-0.05, 0) is 6.42 Å². The minimum Gasteiger partial charge on any atom is -0.385 e. The zero-order chi connectivity index (χ0) is 10.3. The van der Waals surface area contributed by atoms with Crippen LogP contribution in [0.2, 0.25) is 0 Å². The molecular weight excluding hydrogens is 186 g/mol. The summed E-state index contributed by atoms with van der Waals surface area (Å²) in [4.78, 5) is 10.4. The molecule has 0 rings (SSSR count). The number of nitrogens with two attached hydrogens (primary N) is 1. The molecule has 0 aliphatic carbocycles. The molecule has 0 atom stereocenters. The van der Waals surface area contributed by atoms with E-state index in [9.17, 15) is 13.6 Å². The number of nitrogens with one attached hydrogen (secondary N) is 1. The van der Waals surface area contributed by atoms with Crippen molar-refractivity contribution in [2.75, 3.05) is 20.3 Å². The van der Waals surface area contributed by atoms with Gasteiger partial charge >= 0.3 is 12.0 Å². The Balaban J connectivity index is 3.69. The maximum atomic E-state index is 12.5. The van der Waals surface area contributed by atoms with Crippen LogP contribution in [0, 0.1) is 0 Å². The van der Waals surface area contributed by atoms with E-state index >= 15 is 0 Å². The van der Waals surface area contributed by atoms with Crippen molar-refractivity contribution in [3.63, 3.8) is 0 Å². The third-order valence-electron chi connectivity index (χ3n) is 1.17. The van der Waals surface area contributed by atoms with E-state index in [1.165, 1.54) is 12.5 Å². The number of amides is 1. The first kappa shape index (κ1) is 12.2. The summed E-state index contributed by atoms with van der Waals surface area (Å²) < 4.78 is 33.6. The number of alkyl halides is 2. The van der Waals surface area contributed by atoms with Gasteiger partial charge in [-0.2, -0.15) is 8.78 Å². The van der Waals surface area contributed by atoms with Gasteiger partial charge in [-0.25, -0.2) is 5.84 Å². The van der Waals surface area contributed by atoms with Crippen LogP contribution in [-0.4, -0.2) is 32.3 Å². The van der Waals surface area contributed by atoms with E-state index in [0.29, 0.717) is 6.61 Å². The van der Waals surface area contributed by atoms with Crippen molar-refractivity contribution in [1.82, 2.24) is 5.43 Å². The summed E-state index contributed by atoms with van der Waals surface area (Å²) in [5.41, 5.74) is 1.30. The van der Waals surface area contributed by atoms with Crippen molar-refractivity contribution >= 4 is 5.91 Å². The zero-order valence-electron chi connectivity index (χ0n) is 7.18. The van der Waals surface area contributed by atoms with Gasteiger partial charge in [-0.1, -0.05) is 0 Å². The van der Waals surface area contributed by atoms with Crippen molar-refractivity contribution < 1.29 is 23.0 Å². The van der Waals surface area contributed by atoms with Gasteiger partial charge in [0.05, 0.1) is 6.61 Å². The summed E-state index contributed by atoms with van der Waals surface area (Å²) >= 11 is 0. The Morgan fingerprint density at radius 3 is 2.62 bits per heavy atom. The molecule has 3 N–H and O–H groups in total. The Kier molecular flexibility index (Phi) is 5.44. The van der Waals surface area contributed by atoms with E-state index in [-0.39, 0.29) is 13.0 Å². The maximum absolute atomic E-state index is 12.5. The van der Waals surface area contributed by atoms with Crippen LogP contribution in [0.5, 0.6) is 0 Å². The van der Waals surface area contributed by atoms with Crippen LogP contribution in [0.15, 0.2) is 0 Å². The highest BCUT2D eigenvalue weighted by Gasteiger charge is 2.39. The fourth-order valence-electron chi connectivity index (χ4n) is 0.553. The minimum atomic E-state index is -3.87. The first-order valence-corrected chi connectivity index (χ1v) is 3.56. The lowest BCUT2D eigenvalue weighted by atomic mass is 10.5. The monoisotopic (exact) mass is 198 g/mol. The molecule has 0 fully saturated rings. The second-order valence-corrected chi connectivity index (χ2v) is 2.19. The molecule has 0 aliphatic heterocycles. The van der Waals surface area contributed by atoms with Gasteiger partial charge < -0.3 is 9.47 Å². The highest BCUT2D eigenvalue weighted by Crippen LogP contribution is 2.14. The summed E-state index contributed by atoms with van der Waals surface area (Å²) in [6.07, 6.45) is -3.59. The minimum absolute atomic E-state index is 0.270. The molecule has 5 nitrogen and oxygen atoms in total. The normalized spacial score (nSPS) is 11.4. The van der Waals surface area contributed by atoms with E-state index in [1.807, 2.05) is 0 Å². The van der Waals surface area contributed by atoms with Gasteiger partial charge in [-0.3, -0.25) is 10.2 Å². The molecule has 0 radical (unpaired) electrons. The average Bonchev–Trinajstić information content (AvgIpc) is 2.11. The molecule has 0 spiro atoms. The third kappa shape index (κ3) is 4.71. The number of hydrazine groups is 1. The van der Waals surface area contributed by atoms with Crippen LogP contribution >= 0.6 is 0 Å². The topological polar surface area (TPSA) is 73.6 Å². The van der Waals surface area contributed by atoms with Crippen LogP contribution in [0.4, 0.5) is 8.78 Å². The predicted molar refractivity (Wildman–Crippen MR) is 39.7 cm³/mol. The summed E-state index contributed by atoms with van der Waals surface area (Å²) in [6, 6.07) is 0. The van der Waals surface area contributed by atoms with Gasteiger partial charge in [-0.15, -0.1) is 0 Å². The maximum Gasteiger partial charge on any atom is 0.437 e. The van der Waals surface area contributed by atoms with Crippen molar-refractivity contribution in [1.29, 1.82) is 0 Å². The Bertz CT molecular complexity index is 166. The van der Waals surface area contributed by atoms with Crippen LogP contribution in [0.1, 0.15) is 6.42 Å². The summed E-state index contributed by atoms with van der Waals surface area (Å²) in [5.74, 6) is 2.84. The number of halogens is 2. The Morgan fingerprint density at radius 1 is 1.54 bits per heavy atom. The van der Waals surface area contributed by atoms with Gasteiger partial charge in [0, 0.05) is 13.7 Å². The lowest BCUT2D eigenvalue weighted by Crippen LogP contribution is -2.45. The number of carbonyl (C=O) groups excluding carboxylic acids is 1. The molecule has 1 amide bonds. The van der Waals surface area contributed by atoms with Gasteiger partial charge in [0.25, 0.3) is 0 Å². The lowest BCUT2D eigenvalue weighted by Gasteiger charge is -2.14. The number of hydrogen-bond donors (Lipinski definition) is 2. The number of ether oxygens (including phenoxy) is 2. The fourth-order valence-corrected chi connectivity index (χ4v) is 0.553. The standard InChI is InChI=1S/C6H12F2N2O3/c1-12-3-2-4-13-6(7,8)5(11)10-9/h2-4,9H2,1H3,(H,10,11). The quantitative estimate of drug-likeness (QED) is 0.264. The molecule has 0 aromatic heterocycles. The first-order valence-electron chi connectivity index (χ1n) is 3.56. The van der Waals surface area contributed by atoms with Crippen molar-refractivity contribution in [2.45, 2.75) is 12.5 Å². The summed E-state index contributed by atoms with van der Waals surface area (Å²) in [6.45, 7) is 0.0224. The molecule has 0 aromatic carbocycles. The number of methoxy groups -OCH3 is 1. The number of carbonyl (C=O) groups is 1. The van der Waals surface area contributed by atoms with E-state index in [1.54, 1.807) is 0 Å². The molecule has 0 saturated carbocycles. The predicted octanol–water partition coefficient (Wildman–Crippen LogP) is -0.378. The average molecular weight is 198 g/mol. The number of rotatable bonds is 6. The SMILES string of the molecule is COCCCOC(F)(F)C(=O)NN. The van der Waals surface area contributed by atoms with Crippen molar-refractivity contribution in [3.8, 4) is 0 Å². The smallest absolute Gasteiger partial charge is 0.385 e. The lowest BCUT2D eigenvalue weighted by molar-refractivity contribution is -0.231. The number of hydrogen-bond acceptors (Lipinski definition) is 4. The molecule has 0 saturated heterocycles. The Hall–Kier alpha value is -0.790. The second-order valence-electron chi connectivity index (χ2n) is 2.19. The molecule has 0 aliphatic rings. The highest BCUT2D eigenvalue weighted by atomic mass is 19.3. The molecule has 0 aromatic rings. The van der Waals surface area contributed by atoms with Crippen LogP contribution in [0.25, 0.3) is 0 Å². The van der Waals surface area contributed by atoms with Gasteiger partial charge in [0.2, 0.25) is 0 Å². The molecule has 13 heavy (non-hydrogen) atoms. The van der Waals surface area contributed by atoms with E-state index in [0.717, 1.165) is 0 Å². The molecule has 7 heteroatoms. The van der Waals surface area contributed by atoms with Gasteiger partial charge in [0.1, 0.15) is 0 Å². The Labute approximate surface area is 74.1 Å². The van der Waals surface area contributed by atoms with E-state index in [2.05, 4.69) is 15.3 Å². The second kappa shape index (κ2) is 5.79. The molecule has 0 heterocycles. The molecular formula is C6H12F2N2O3. The van der Waals surface area contributed by atoms with Gasteiger partial charge in [0.15, 0.2) is 0 Å². The third-order valence-corrected chi connectivity index (χ3v) is 1.17. The van der Waals surface area contributed by atoms with Crippen LogP contribution in [-0.2, 0) is 14.3 Å². The molecule has 78 valence electrons. The van der Waals surface area contributed by atoms with Crippen molar-refractivity contribution in [2.24, 2.45) is 5.84 Å². The fraction of sp³-hybridized carbons (Fsp3) is 0.833. The van der Waals surface area contributed by atoms with E-state index in [4.69, 9.17) is 0 Å². The molecule has 0 bridgehead atoms. The molecule has 0 unspecified atom stereocenters. The summed E-state index contributed by atoms with van der Waals surface area (Å²) in [7, 11) is 1.44. The zero-order valence-corrected chi connectivity index (χ0v) is 7.18. The van der Waals surface area contributed by atoms with Crippen molar-refractivity contribution in [3.05, 3.63) is 0 Å². The summed E-state index contributed by atoms with van der Waals surface area (Å²) in [5, 5.41) is 0. The van der Waals surface area contributed by atoms with Crippen LogP contribution in [0.3, 0.4) is 0 Å². The van der Waals surface area contributed by atoms with E-state index < -0.39 is 12.0 Å². The highest BCUT2D eigenvalue weighted by molar-refractivity contribution is 5.81. The van der Waals surface area contributed by atoms with Crippen LogP contribution < -0.4 is 11.3 Å². The largest absolute Gasteiger partial charge is 0.437 e.